The van der Waals surface area contributed by atoms with E-state index in [0.717, 1.165) is 19.6 Å². The fourth-order valence-corrected chi connectivity index (χ4v) is 6.08. The molecule has 196 valence electrons. The van der Waals surface area contributed by atoms with Crippen LogP contribution < -0.4 is 0 Å². The van der Waals surface area contributed by atoms with E-state index < -0.39 is 51.3 Å². The van der Waals surface area contributed by atoms with Crippen molar-refractivity contribution in [1.82, 2.24) is 0 Å². The van der Waals surface area contributed by atoms with Gasteiger partial charge in [0.05, 0.1) is 0 Å². The molecule has 0 aromatic heterocycles. The van der Waals surface area contributed by atoms with Gasteiger partial charge in [-0.1, -0.05) is 0 Å². The molecule has 4 nitrogen and oxygen atoms in total. The second kappa shape index (κ2) is 13.8. The van der Waals surface area contributed by atoms with Gasteiger partial charge in [0.2, 0.25) is 0 Å². The second-order valence-corrected chi connectivity index (χ2v) is 11.6. The Balaban J connectivity index is 1.33. The quantitative estimate of drug-likeness (QED) is 0.179. The van der Waals surface area contributed by atoms with Gasteiger partial charge in [0.1, 0.15) is 0 Å². The van der Waals surface area contributed by atoms with E-state index in [4.69, 9.17) is 7.58 Å². The summed E-state index contributed by atoms with van der Waals surface area (Å²) in [7, 11) is 0. The molecule has 4 rings (SSSR count). The fraction of sp³-hybridized carbons (Fsp3) is 0.133. The molecular weight excluding hydrogens is 553 g/mol. The normalized spacial score (nSPS) is 12.2. The van der Waals surface area contributed by atoms with Crippen LogP contribution in [0.5, 0.6) is 0 Å². The summed E-state index contributed by atoms with van der Waals surface area (Å²) in [5, 5.41) is 0. The number of benzene rings is 4. The Hall–Kier alpha value is -3.09. The Kier molecular flexibility index (Phi) is 10.2. The molecular formula is C30H24AlF2O4S2+. The zero-order valence-corrected chi connectivity index (χ0v) is 24.0. The summed E-state index contributed by atoms with van der Waals surface area (Å²) in [6.45, 7) is 3.07. The summed E-state index contributed by atoms with van der Waals surface area (Å²) in [5.74, 6) is -4.29. The molecule has 0 amide bonds. The monoisotopic (exact) mass is 577 g/mol. The fourth-order valence-electron chi connectivity index (χ4n) is 3.66. The molecule has 0 aliphatic heterocycles. The first-order valence-electron chi connectivity index (χ1n) is 12.1. The Bertz CT molecular complexity index is 1330. The first kappa shape index (κ1) is 28.9. The molecule has 0 fully saturated rings. The number of hydrogen-bond donors (Lipinski definition) is 0. The number of carbonyl (C=O) groups excluding carboxylic acids is 2. The average Bonchev–Trinajstić information content (AvgIpc) is 2.95. The van der Waals surface area contributed by atoms with E-state index in [-0.39, 0.29) is 11.1 Å². The molecule has 0 bridgehead atoms. The predicted molar refractivity (Wildman–Crippen MR) is 149 cm³/mol. The average molecular weight is 578 g/mol. The van der Waals surface area contributed by atoms with Gasteiger partial charge in [0.25, 0.3) is 0 Å². The second-order valence-electron chi connectivity index (χ2n) is 8.61. The van der Waals surface area contributed by atoms with Crippen molar-refractivity contribution in [3.05, 3.63) is 120 Å². The van der Waals surface area contributed by atoms with E-state index in [1.807, 2.05) is 60.7 Å². The molecule has 0 saturated carbocycles. The van der Waals surface area contributed by atoms with Crippen molar-refractivity contribution in [2.24, 2.45) is 0 Å². The number of halogens is 2. The topological polar surface area (TPSA) is 52.6 Å². The van der Waals surface area contributed by atoms with Crippen LogP contribution in [0.1, 0.15) is 36.8 Å². The molecule has 0 spiro atoms. The zero-order valence-electron chi connectivity index (χ0n) is 21.2. The van der Waals surface area contributed by atoms with Gasteiger partial charge in [-0.3, -0.25) is 0 Å². The van der Waals surface area contributed by atoms with Crippen molar-refractivity contribution in [2.75, 3.05) is 0 Å². The van der Waals surface area contributed by atoms with Crippen LogP contribution in [0, 0.1) is 11.6 Å². The van der Waals surface area contributed by atoms with E-state index in [1.165, 1.54) is 49.5 Å². The Labute approximate surface area is 241 Å². The number of carbonyl (C=O) groups is 2. The maximum absolute atomic E-state index is 14.5. The molecule has 0 N–H and O–H groups in total. The van der Waals surface area contributed by atoms with Crippen LogP contribution in [-0.4, -0.2) is 27.8 Å². The van der Waals surface area contributed by atoms with Gasteiger partial charge in [-0.05, 0) is 0 Å². The summed E-state index contributed by atoms with van der Waals surface area (Å²) in [6, 6.07) is 28.4. The van der Waals surface area contributed by atoms with Gasteiger partial charge in [0.15, 0.2) is 0 Å². The van der Waals surface area contributed by atoms with Gasteiger partial charge in [-0.25, -0.2) is 0 Å². The van der Waals surface area contributed by atoms with Crippen molar-refractivity contribution in [3.63, 3.8) is 0 Å². The van der Waals surface area contributed by atoms with E-state index in [9.17, 15) is 18.4 Å². The van der Waals surface area contributed by atoms with Gasteiger partial charge in [-0.2, -0.15) is 0 Å². The van der Waals surface area contributed by atoms with Crippen LogP contribution in [0.4, 0.5) is 8.78 Å². The molecule has 0 aliphatic carbocycles. The molecule has 0 saturated heterocycles. The molecule has 2 unspecified atom stereocenters. The molecule has 2 atom stereocenters. The third-order valence-electron chi connectivity index (χ3n) is 5.86. The molecule has 39 heavy (non-hydrogen) atoms. The molecule has 0 radical (unpaired) electrons. The summed E-state index contributed by atoms with van der Waals surface area (Å²) < 4.78 is 39.5. The van der Waals surface area contributed by atoms with Crippen molar-refractivity contribution < 1.29 is 25.9 Å². The van der Waals surface area contributed by atoms with E-state index in [1.54, 1.807) is 24.3 Å². The standard InChI is InChI=1S/2C15H13FO2S.Al/c2*1-10(15(17)18)13-9-12(7-8-14(13)16)19-11-5-3-2-4-6-11;/h2*2-10H,1H3,(H,17,18);/q;;+3/p-2. The first-order chi connectivity index (χ1) is 18.8. The van der Waals surface area contributed by atoms with Gasteiger partial charge < -0.3 is 0 Å². The Morgan fingerprint density at radius 2 is 1.00 bits per heavy atom. The number of rotatable bonds is 10. The Morgan fingerprint density at radius 1 is 0.615 bits per heavy atom. The molecule has 4 aromatic rings. The van der Waals surface area contributed by atoms with Crippen LogP contribution in [0.2, 0.25) is 0 Å². The van der Waals surface area contributed by atoms with Gasteiger partial charge in [-0.15, -0.1) is 0 Å². The molecule has 0 aliphatic rings. The van der Waals surface area contributed by atoms with Crippen LogP contribution in [0.3, 0.4) is 0 Å². The molecule has 9 heteroatoms. The van der Waals surface area contributed by atoms with Gasteiger partial charge >= 0.3 is 242 Å². The van der Waals surface area contributed by atoms with Crippen LogP contribution in [-0.2, 0) is 17.2 Å². The molecule has 4 aromatic carbocycles. The molecule has 0 heterocycles. The first-order valence-corrected chi connectivity index (χ1v) is 14.7. The van der Waals surface area contributed by atoms with Gasteiger partial charge in [0, 0.05) is 0 Å². The summed E-state index contributed by atoms with van der Waals surface area (Å²) in [4.78, 5) is 28.8. The van der Waals surface area contributed by atoms with Crippen molar-refractivity contribution in [2.45, 2.75) is 45.3 Å². The SMILES string of the molecule is CC(C(=O)[O][Al+][O]C(=O)C(C)c1cc(Sc2ccccc2)ccc1F)c1cc(Sc2ccccc2)ccc1F. The minimum atomic E-state index is -1.51. The number of hydrogen-bond acceptors (Lipinski definition) is 6. The summed E-state index contributed by atoms with van der Waals surface area (Å²) in [6.07, 6.45) is 0. The van der Waals surface area contributed by atoms with Crippen molar-refractivity contribution in [3.8, 4) is 0 Å². The predicted octanol–water partition coefficient (Wildman–Crippen LogP) is 7.80. The maximum atomic E-state index is 14.5. The van der Waals surface area contributed by atoms with Crippen molar-refractivity contribution >= 4 is 51.3 Å². The van der Waals surface area contributed by atoms with Crippen molar-refractivity contribution in [1.29, 1.82) is 0 Å². The van der Waals surface area contributed by atoms with E-state index in [2.05, 4.69) is 0 Å². The zero-order chi connectivity index (χ0) is 27.8. The summed E-state index contributed by atoms with van der Waals surface area (Å²) in [5.41, 5.74) is 0.379. The third-order valence-corrected chi connectivity index (χ3v) is 8.51. The van der Waals surface area contributed by atoms with Crippen LogP contribution >= 0.6 is 23.5 Å². The third kappa shape index (κ3) is 7.96. The van der Waals surface area contributed by atoms with Crippen LogP contribution in [0.15, 0.2) is 117 Å². The minimum absolute atomic E-state index is 0.190. The van der Waals surface area contributed by atoms with Crippen LogP contribution in [0.25, 0.3) is 0 Å². The summed E-state index contributed by atoms with van der Waals surface area (Å²) >= 11 is 1.39. The van der Waals surface area contributed by atoms with E-state index >= 15 is 0 Å². The van der Waals surface area contributed by atoms with E-state index in [0.29, 0.717) is 0 Å². The Morgan fingerprint density at radius 3 is 1.38 bits per heavy atom.